The molecule has 0 bridgehead atoms. The number of para-hydroxylation sites is 1. The molecule has 0 saturated carbocycles. The Morgan fingerprint density at radius 2 is 0.638 bits per heavy atom. The Morgan fingerprint density at radius 3 is 1.12 bits per heavy atom. The summed E-state index contributed by atoms with van der Waals surface area (Å²) in [5, 5.41) is 2.39. The fraction of sp³-hybridized carbons (Fsp3) is 0.242. The van der Waals surface area contributed by atoms with Crippen LogP contribution in [0.4, 0.5) is 17.1 Å². The van der Waals surface area contributed by atoms with Gasteiger partial charge in [-0.3, -0.25) is 0 Å². The summed E-state index contributed by atoms with van der Waals surface area (Å²) in [6.07, 6.45) is 3.00. The standard InChI is InChI=1S/C95H88N2O8/c1-98-52-56-102-48-44-93(45-49-103-57-53-99-2)83-28-14-8-22-72(83)77-40-36-68(62-88(77)93)96(69-37-41-78-73-23-9-15-29-84(73)94(89(78)63-69,46-50-104-58-54-100-3)47-51-105-59-55-101-4)67-35-39-71(81(61-67)65-20-6-5-7-21-65)66-34-43-92-82(60-66)80-27-13-19-33-91(80)97(92)70-38-42-79-76-26-12-18-32-87(76)95(90(79)64-70)85-30-16-10-24-74(85)75-25-11-17-31-86(75)95/h5-43,60-64H,44-59H2,1-4H3. The molecule has 4 aliphatic carbocycles. The van der Waals surface area contributed by atoms with Crippen molar-refractivity contribution in [1.82, 2.24) is 4.57 Å². The highest BCUT2D eigenvalue weighted by Crippen LogP contribution is 2.64. The largest absolute Gasteiger partial charge is 0.382 e. The summed E-state index contributed by atoms with van der Waals surface area (Å²) in [6.45, 7) is 6.32. The van der Waals surface area contributed by atoms with Gasteiger partial charge in [-0.25, -0.2) is 0 Å². The summed E-state index contributed by atoms with van der Waals surface area (Å²) in [7, 11) is 6.90. The van der Waals surface area contributed by atoms with E-state index in [9.17, 15) is 0 Å². The van der Waals surface area contributed by atoms with Crippen molar-refractivity contribution in [3.8, 4) is 72.4 Å². The predicted octanol–water partition coefficient (Wildman–Crippen LogP) is 20.7. The van der Waals surface area contributed by atoms with Crippen molar-refractivity contribution < 1.29 is 37.9 Å². The van der Waals surface area contributed by atoms with Gasteiger partial charge in [0, 0.05) is 99.2 Å². The fourth-order valence-electron chi connectivity index (χ4n) is 18.3. The number of anilines is 3. The molecule has 10 nitrogen and oxygen atoms in total. The molecule has 0 fully saturated rings. The molecule has 12 aromatic carbocycles. The fourth-order valence-corrected chi connectivity index (χ4v) is 18.3. The van der Waals surface area contributed by atoms with Crippen molar-refractivity contribution in [1.29, 1.82) is 0 Å². The number of hydrogen-bond donors (Lipinski definition) is 0. The molecule has 1 heterocycles. The monoisotopic (exact) mass is 1380 g/mol. The highest BCUT2D eigenvalue weighted by Gasteiger charge is 2.52. The SMILES string of the molecule is COCCOCCC1(CCOCCOC)c2ccccc2-c2ccc(N(c3ccc(-c4ccc5c(c4)c4ccccc4n5-c4ccc5c(c4)C4(c6ccccc6-c6ccccc64)c4ccccc4-5)c(-c4ccccc4)c3)c3ccc4c(c3)C(CCOCCOC)(CCOCCOC)c3ccccc3-4)cc21. The molecular formula is C95H88N2O8. The van der Waals surface area contributed by atoms with Gasteiger partial charge in [0.05, 0.1) is 69.3 Å². The van der Waals surface area contributed by atoms with E-state index >= 15 is 0 Å². The normalized spacial score (nSPS) is 14.1. The van der Waals surface area contributed by atoms with Crippen LogP contribution in [0.5, 0.6) is 0 Å². The average molecular weight is 1390 g/mol. The minimum Gasteiger partial charge on any atom is -0.382 e. The van der Waals surface area contributed by atoms with E-state index in [4.69, 9.17) is 37.9 Å². The van der Waals surface area contributed by atoms with Crippen LogP contribution in [0.1, 0.15) is 70.2 Å². The van der Waals surface area contributed by atoms with Crippen LogP contribution in [0.15, 0.2) is 267 Å². The number of methoxy groups -OCH3 is 4. The molecule has 10 heteroatoms. The van der Waals surface area contributed by atoms with Crippen LogP contribution in [-0.2, 0) is 54.1 Å². The zero-order valence-electron chi connectivity index (χ0n) is 60.4. The summed E-state index contributed by atoms with van der Waals surface area (Å²) < 4.78 is 50.2. The molecule has 0 atom stereocenters. The molecule has 526 valence electrons. The number of hydrogen-bond acceptors (Lipinski definition) is 9. The first-order valence-electron chi connectivity index (χ1n) is 37.2. The lowest BCUT2D eigenvalue weighted by Gasteiger charge is -2.35. The van der Waals surface area contributed by atoms with Crippen molar-refractivity contribution in [2.24, 2.45) is 0 Å². The van der Waals surface area contributed by atoms with E-state index in [2.05, 4.69) is 276 Å². The molecule has 0 aliphatic heterocycles. The molecule has 1 spiro atoms. The molecule has 0 radical (unpaired) electrons. The lowest BCUT2D eigenvalue weighted by Crippen LogP contribution is -2.30. The summed E-state index contributed by atoms with van der Waals surface area (Å²) in [5.41, 5.74) is 30.2. The quantitative estimate of drug-likeness (QED) is 0.0409. The van der Waals surface area contributed by atoms with E-state index in [0.29, 0.717) is 79.3 Å². The number of aromatic nitrogens is 1. The first-order chi connectivity index (χ1) is 51.9. The van der Waals surface area contributed by atoms with Crippen LogP contribution < -0.4 is 4.90 Å². The average Bonchev–Trinajstić information content (AvgIpc) is 1.51. The van der Waals surface area contributed by atoms with Crippen LogP contribution in [-0.4, -0.2) is 112 Å². The van der Waals surface area contributed by atoms with E-state index in [0.717, 1.165) is 81.7 Å². The Balaban J connectivity index is 0.836. The number of ether oxygens (including phenoxy) is 8. The Hall–Kier alpha value is -10.1. The predicted molar refractivity (Wildman–Crippen MR) is 424 cm³/mol. The summed E-state index contributed by atoms with van der Waals surface area (Å²) >= 11 is 0. The third kappa shape index (κ3) is 11.7. The molecule has 105 heavy (non-hydrogen) atoms. The van der Waals surface area contributed by atoms with Gasteiger partial charge in [0.1, 0.15) is 0 Å². The minimum atomic E-state index is -0.470. The molecule has 0 unspecified atom stereocenters. The Labute approximate surface area is 616 Å². The van der Waals surface area contributed by atoms with E-state index in [1.807, 2.05) is 0 Å². The van der Waals surface area contributed by atoms with Crippen molar-refractivity contribution >= 4 is 38.9 Å². The second kappa shape index (κ2) is 29.5. The third-order valence-corrected chi connectivity index (χ3v) is 23.0. The smallest absolute Gasteiger partial charge is 0.0726 e. The lowest BCUT2D eigenvalue weighted by molar-refractivity contribution is 0.0490. The number of rotatable bonds is 30. The van der Waals surface area contributed by atoms with E-state index < -0.39 is 16.2 Å². The first kappa shape index (κ1) is 68.1. The van der Waals surface area contributed by atoms with E-state index in [1.165, 1.54) is 99.8 Å². The molecular weight excluding hydrogens is 1300 g/mol. The van der Waals surface area contributed by atoms with Crippen molar-refractivity contribution in [3.63, 3.8) is 0 Å². The molecule has 0 amide bonds. The molecule has 1 aromatic heterocycles. The highest BCUT2D eigenvalue weighted by molar-refractivity contribution is 6.11. The van der Waals surface area contributed by atoms with Gasteiger partial charge < -0.3 is 47.4 Å². The first-order valence-corrected chi connectivity index (χ1v) is 37.2. The molecule has 4 aliphatic rings. The van der Waals surface area contributed by atoms with Crippen LogP contribution in [0.25, 0.3) is 94.3 Å². The van der Waals surface area contributed by atoms with Gasteiger partial charge in [0.25, 0.3) is 0 Å². The Bertz CT molecular complexity index is 5120. The maximum Gasteiger partial charge on any atom is 0.0726 e. The second-order valence-electron chi connectivity index (χ2n) is 28.3. The highest BCUT2D eigenvalue weighted by atomic mass is 16.5. The zero-order chi connectivity index (χ0) is 70.9. The van der Waals surface area contributed by atoms with Crippen LogP contribution >= 0.6 is 0 Å². The van der Waals surface area contributed by atoms with E-state index in [1.54, 1.807) is 28.4 Å². The second-order valence-corrected chi connectivity index (χ2v) is 28.3. The number of fused-ring (bicyclic) bond motifs is 19. The van der Waals surface area contributed by atoms with Gasteiger partial charge in [0.15, 0.2) is 0 Å². The van der Waals surface area contributed by atoms with Gasteiger partial charge in [-0.2, -0.15) is 0 Å². The van der Waals surface area contributed by atoms with Crippen molar-refractivity contribution in [3.05, 3.63) is 311 Å². The minimum absolute atomic E-state index is 0.447. The zero-order valence-corrected chi connectivity index (χ0v) is 60.4. The summed E-state index contributed by atoms with van der Waals surface area (Å²) in [5.74, 6) is 0. The topological polar surface area (TPSA) is 82.0 Å². The molecule has 13 aromatic rings. The summed E-state index contributed by atoms with van der Waals surface area (Å²) in [4.78, 5) is 2.51. The van der Waals surface area contributed by atoms with Gasteiger partial charge in [-0.1, -0.05) is 200 Å². The molecule has 17 rings (SSSR count). The van der Waals surface area contributed by atoms with Crippen molar-refractivity contribution in [2.75, 3.05) is 113 Å². The number of nitrogens with zero attached hydrogens (tertiary/aromatic N) is 2. The van der Waals surface area contributed by atoms with E-state index in [-0.39, 0.29) is 0 Å². The van der Waals surface area contributed by atoms with Crippen LogP contribution in [0.2, 0.25) is 0 Å². The maximum atomic E-state index is 6.44. The Morgan fingerprint density at radius 1 is 0.257 bits per heavy atom. The summed E-state index contributed by atoms with van der Waals surface area (Å²) in [6, 6.07) is 101. The molecule has 0 N–H and O–H groups in total. The van der Waals surface area contributed by atoms with Gasteiger partial charge >= 0.3 is 0 Å². The van der Waals surface area contributed by atoms with Crippen molar-refractivity contribution in [2.45, 2.75) is 41.9 Å². The van der Waals surface area contributed by atoms with Crippen LogP contribution in [0, 0.1) is 0 Å². The van der Waals surface area contributed by atoms with Crippen LogP contribution in [0.3, 0.4) is 0 Å². The van der Waals surface area contributed by atoms with Gasteiger partial charge in [-0.05, 0) is 204 Å². The van der Waals surface area contributed by atoms with Gasteiger partial charge in [0.2, 0.25) is 0 Å². The third-order valence-electron chi connectivity index (χ3n) is 23.0. The maximum absolute atomic E-state index is 6.44. The molecule has 0 saturated heterocycles. The Kier molecular flexibility index (Phi) is 19.1. The van der Waals surface area contributed by atoms with Gasteiger partial charge in [-0.15, -0.1) is 0 Å². The lowest BCUT2D eigenvalue weighted by atomic mass is 9.70. The number of benzene rings is 12.